The van der Waals surface area contributed by atoms with Crippen LogP contribution in [-0.2, 0) is 22.6 Å². The van der Waals surface area contributed by atoms with E-state index < -0.39 is 0 Å². The van der Waals surface area contributed by atoms with Gasteiger partial charge in [-0.3, -0.25) is 4.79 Å². The number of carbonyl (C=O) groups is 1. The standard InChI is InChI=1S/C17H14ClNO2S/c18-13-8-5-12(6-9-13)7-10-17(20)21-11-16-19-14-3-1-2-4-15(14)22-16/h1-6,8-9H,7,10-11H2. The van der Waals surface area contributed by atoms with E-state index in [1.54, 1.807) is 11.3 Å². The van der Waals surface area contributed by atoms with Gasteiger partial charge in [-0.1, -0.05) is 35.9 Å². The predicted molar refractivity (Wildman–Crippen MR) is 89.2 cm³/mol. The first-order valence-electron chi connectivity index (χ1n) is 6.95. The van der Waals surface area contributed by atoms with E-state index >= 15 is 0 Å². The zero-order chi connectivity index (χ0) is 15.4. The average molecular weight is 332 g/mol. The molecule has 0 aliphatic rings. The summed E-state index contributed by atoms with van der Waals surface area (Å²) in [6, 6.07) is 15.4. The van der Waals surface area contributed by atoms with Gasteiger partial charge in [-0.25, -0.2) is 4.98 Å². The fourth-order valence-corrected chi connectivity index (χ4v) is 3.10. The fourth-order valence-electron chi connectivity index (χ4n) is 2.09. The minimum absolute atomic E-state index is 0.214. The molecule has 0 saturated carbocycles. The summed E-state index contributed by atoms with van der Waals surface area (Å²) in [5.74, 6) is -0.214. The molecule has 0 aliphatic heterocycles. The molecule has 22 heavy (non-hydrogen) atoms. The molecule has 0 bridgehead atoms. The van der Waals surface area contributed by atoms with E-state index in [0.29, 0.717) is 17.9 Å². The summed E-state index contributed by atoms with van der Waals surface area (Å²) in [5, 5.41) is 1.52. The van der Waals surface area contributed by atoms with Crippen LogP contribution in [0.4, 0.5) is 0 Å². The molecule has 0 radical (unpaired) electrons. The van der Waals surface area contributed by atoms with Crippen molar-refractivity contribution in [3.63, 3.8) is 0 Å². The molecular formula is C17H14ClNO2S. The van der Waals surface area contributed by atoms with Crippen LogP contribution in [0.15, 0.2) is 48.5 Å². The van der Waals surface area contributed by atoms with Gasteiger partial charge in [0.1, 0.15) is 11.6 Å². The predicted octanol–water partition coefficient (Wildman–Crippen LogP) is 4.63. The summed E-state index contributed by atoms with van der Waals surface area (Å²) in [5.41, 5.74) is 2.01. The number of thiazole rings is 1. The van der Waals surface area contributed by atoms with Gasteiger partial charge in [0.05, 0.1) is 10.2 Å². The molecule has 3 rings (SSSR count). The largest absolute Gasteiger partial charge is 0.458 e. The molecule has 5 heteroatoms. The third kappa shape index (κ3) is 3.84. The Bertz CT molecular complexity index is 750. The number of rotatable bonds is 5. The Labute approximate surface area is 137 Å². The van der Waals surface area contributed by atoms with Crippen LogP contribution in [0.1, 0.15) is 17.0 Å². The Morgan fingerprint density at radius 3 is 2.68 bits per heavy atom. The molecular weight excluding hydrogens is 318 g/mol. The highest BCUT2D eigenvalue weighted by atomic mass is 35.5. The molecule has 0 unspecified atom stereocenters. The Kier molecular flexibility index (Phi) is 4.71. The Morgan fingerprint density at radius 1 is 1.14 bits per heavy atom. The molecule has 1 aromatic heterocycles. The number of benzene rings is 2. The smallest absolute Gasteiger partial charge is 0.306 e. The van der Waals surface area contributed by atoms with E-state index in [-0.39, 0.29) is 12.6 Å². The van der Waals surface area contributed by atoms with E-state index in [0.717, 1.165) is 20.8 Å². The lowest BCUT2D eigenvalue weighted by atomic mass is 10.1. The van der Waals surface area contributed by atoms with Crippen molar-refractivity contribution >= 4 is 39.1 Å². The first-order valence-corrected chi connectivity index (χ1v) is 8.15. The maximum atomic E-state index is 11.8. The van der Waals surface area contributed by atoms with Crippen LogP contribution in [0.2, 0.25) is 5.02 Å². The highest BCUT2D eigenvalue weighted by Gasteiger charge is 2.08. The molecule has 3 nitrogen and oxygen atoms in total. The molecule has 3 aromatic rings. The summed E-state index contributed by atoms with van der Waals surface area (Å²) in [6.45, 7) is 0.235. The van der Waals surface area contributed by atoms with Crippen molar-refractivity contribution in [1.29, 1.82) is 0 Å². The van der Waals surface area contributed by atoms with E-state index in [2.05, 4.69) is 4.98 Å². The second-order valence-electron chi connectivity index (χ2n) is 4.86. The van der Waals surface area contributed by atoms with Crippen molar-refractivity contribution in [2.24, 2.45) is 0 Å². The maximum absolute atomic E-state index is 11.8. The Morgan fingerprint density at radius 2 is 1.91 bits per heavy atom. The van der Waals surface area contributed by atoms with E-state index in [4.69, 9.17) is 16.3 Å². The van der Waals surface area contributed by atoms with E-state index in [1.165, 1.54) is 0 Å². The van der Waals surface area contributed by atoms with Gasteiger partial charge >= 0.3 is 5.97 Å². The van der Waals surface area contributed by atoms with Gasteiger partial charge in [0, 0.05) is 11.4 Å². The van der Waals surface area contributed by atoms with Crippen LogP contribution >= 0.6 is 22.9 Å². The lowest BCUT2D eigenvalue weighted by Gasteiger charge is -2.03. The first-order chi connectivity index (χ1) is 10.7. The van der Waals surface area contributed by atoms with Gasteiger partial charge in [0.2, 0.25) is 0 Å². The van der Waals surface area contributed by atoms with Crippen LogP contribution < -0.4 is 0 Å². The highest BCUT2D eigenvalue weighted by Crippen LogP contribution is 2.22. The lowest BCUT2D eigenvalue weighted by Crippen LogP contribution is -2.05. The number of aryl methyl sites for hydroxylation is 1. The molecule has 0 spiro atoms. The summed E-state index contributed by atoms with van der Waals surface area (Å²) >= 11 is 7.38. The Balaban J connectivity index is 1.50. The summed E-state index contributed by atoms with van der Waals surface area (Å²) in [6.07, 6.45) is 1.00. The molecule has 112 valence electrons. The number of halogens is 1. The molecule has 0 fully saturated rings. The number of nitrogens with zero attached hydrogens (tertiary/aromatic N) is 1. The molecule has 0 amide bonds. The van der Waals surface area contributed by atoms with Crippen LogP contribution in [-0.4, -0.2) is 11.0 Å². The minimum Gasteiger partial charge on any atom is -0.458 e. The number of carbonyl (C=O) groups excluding carboxylic acids is 1. The van der Waals surface area contributed by atoms with Crippen molar-refractivity contribution in [3.05, 3.63) is 64.1 Å². The SMILES string of the molecule is O=C(CCc1ccc(Cl)cc1)OCc1nc2ccccc2s1. The molecule has 0 aliphatic carbocycles. The van der Waals surface area contributed by atoms with E-state index in [9.17, 15) is 4.79 Å². The van der Waals surface area contributed by atoms with E-state index in [1.807, 2.05) is 48.5 Å². The molecule has 0 N–H and O–H groups in total. The summed E-state index contributed by atoms with van der Waals surface area (Å²) in [7, 11) is 0. The third-order valence-corrected chi connectivity index (χ3v) is 4.49. The number of para-hydroxylation sites is 1. The second kappa shape index (κ2) is 6.90. The van der Waals surface area contributed by atoms with Gasteiger partial charge in [-0.15, -0.1) is 11.3 Å². The molecule has 0 saturated heterocycles. The van der Waals surface area contributed by atoms with Gasteiger partial charge in [-0.2, -0.15) is 0 Å². The topological polar surface area (TPSA) is 39.2 Å². The lowest BCUT2D eigenvalue weighted by molar-refractivity contribution is -0.144. The number of esters is 1. The number of hydrogen-bond donors (Lipinski definition) is 0. The van der Waals surface area contributed by atoms with Crippen LogP contribution in [0.5, 0.6) is 0 Å². The maximum Gasteiger partial charge on any atom is 0.306 e. The number of aromatic nitrogens is 1. The van der Waals surface area contributed by atoms with Gasteiger partial charge < -0.3 is 4.74 Å². The zero-order valence-electron chi connectivity index (χ0n) is 11.8. The van der Waals surface area contributed by atoms with Crippen LogP contribution in [0.25, 0.3) is 10.2 Å². The number of fused-ring (bicyclic) bond motifs is 1. The second-order valence-corrected chi connectivity index (χ2v) is 6.41. The average Bonchev–Trinajstić information content (AvgIpc) is 2.95. The highest BCUT2D eigenvalue weighted by molar-refractivity contribution is 7.18. The van der Waals surface area contributed by atoms with Gasteiger partial charge in [-0.05, 0) is 36.2 Å². The first kappa shape index (κ1) is 15.0. The monoisotopic (exact) mass is 331 g/mol. The van der Waals surface area contributed by atoms with Crippen molar-refractivity contribution in [1.82, 2.24) is 4.98 Å². The van der Waals surface area contributed by atoms with Crippen molar-refractivity contribution < 1.29 is 9.53 Å². The van der Waals surface area contributed by atoms with Gasteiger partial charge in [0.15, 0.2) is 0 Å². The molecule has 2 aromatic carbocycles. The Hall–Kier alpha value is -1.91. The zero-order valence-corrected chi connectivity index (χ0v) is 13.4. The quantitative estimate of drug-likeness (QED) is 0.640. The molecule has 1 heterocycles. The van der Waals surface area contributed by atoms with Crippen molar-refractivity contribution in [2.45, 2.75) is 19.4 Å². The van der Waals surface area contributed by atoms with Crippen LogP contribution in [0.3, 0.4) is 0 Å². The van der Waals surface area contributed by atoms with Crippen LogP contribution in [0, 0.1) is 0 Å². The normalized spacial score (nSPS) is 10.8. The number of ether oxygens (including phenoxy) is 1. The third-order valence-electron chi connectivity index (χ3n) is 3.23. The minimum atomic E-state index is -0.214. The molecule has 0 atom stereocenters. The summed E-state index contributed by atoms with van der Waals surface area (Å²) < 4.78 is 6.39. The van der Waals surface area contributed by atoms with Crippen molar-refractivity contribution in [3.8, 4) is 0 Å². The fraction of sp³-hybridized carbons (Fsp3) is 0.176. The van der Waals surface area contributed by atoms with Gasteiger partial charge in [0.25, 0.3) is 0 Å². The number of hydrogen-bond acceptors (Lipinski definition) is 4. The van der Waals surface area contributed by atoms with Crippen molar-refractivity contribution in [2.75, 3.05) is 0 Å². The summed E-state index contributed by atoms with van der Waals surface area (Å²) in [4.78, 5) is 16.2.